The normalized spacial score (nSPS) is 15.2. The molecule has 1 fully saturated rings. The van der Waals surface area contributed by atoms with Crippen LogP contribution >= 0.6 is 24.0 Å². The van der Waals surface area contributed by atoms with Crippen molar-refractivity contribution in [1.82, 2.24) is 4.90 Å². The first kappa shape index (κ1) is 21.7. The molecule has 0 atom stereocenters. The van der Waals surface area contributed by atoms with E-state index in [4.69, 9.17) is 12.2 Å². The molecule has 30 heavy (non-hydrogen) atoms. The average molecular weight is 437 g/mol. The van der Waals surface area contributed by atoms with Crippen molar-refractivity contribution < 1.29 is 14.4 Å². The van der Waals surface area contributed by atoms with Gasteiger partial charge in [0.1, 0.15) is 4.32 Å². The van der Waals surface area contributed by atoms with Crippen LogP contribution < -0.4 is 5.32 Å². The highest BCUT2D eigenvalue weighted by atomic mass is 32.2. The molecule has 0 aromatic heterocycles. The maximum atomic E-state index is 12.6. The number of anilines is 1. The minimum atomic E-state index is -0.229. The van der Waals surface area contributed by atoms with Crippen molar-refractivity contribution in [2.45, 2.75) is 13.3 Å². The van der Waals surface area contributed by atoms with Crippen molar-refractivity contribution in [2.75, 3.05) is 11.9 Å². The summed E-state index contributed by atoms with van der Waals surface area (Å²) >= 11 is 6.53. The average Bonchev–Trinajstić information content (AvgIpc) is 3.00. The zero-order chi connectivity index (χ0) is 21.5. The third-order valence-electron chi connectivity index (χ3n) is 4.35. The molecule has 0 saturated carbocycles. The molecule has 1 saturated heterocycles. The monoisotopic (exact) mass is 436 g/mol. The van der Waals surface area contributed by atoms with Crippen molar-refractivity contribution in [3.8, 4) is 0 Å². The van der Waals surface area contributed by atoms with Crippen LogP contribution in [-0.2, 0) is 9.59 Å². The Morgan fingerprint density at radius 1 is 1.10 bits per heavy atom. The first-order chi connectivity index (χ1) is 14.4. The molecule has 1 heterocycles. The van der Waals surface area contributed by atoms with Crippen LogP contribution in [0.15, 0.2) is 71.7 Å². The number of benzene rings is 2. The Kier molecular flexibility index (Phi) is 7.32. The number of thioether (sulfide) groups is 1. The number of hydrogen-bond acceptors (Lipinski definition) is 5. The van der Waals surface area contributed by atoms with Gasteiger partial charge in [-0.15, -0.1) is 0 Å². The Balaban J connectivity index is 1.53. The Hall–Kier alpha value is -3.03. The van der Waals surface area contributed by atoms with Crippen LogP contribution in [0, 0.1) is 0 Å². The summed E-state index contributed by atoms with van der Waals surface area (Å²) in [6.45, 7) is 1.70. The van der Waals surface area contributed by atoms with Crippen molar-refractivity contribution in [2.24, 2.45) is 0 Å². The molecular weight excluding hydrogens is 416 g/mol. The second-order valence-corrected chi connectivity index (χ2v) is 8.23. The van der Waals surface area contributed by atoms with E-state index in [1.165, 1.54) is 23.6 Å². The number of amides is 2. The van der Waals surface area contributed by atoms with E-state index in [2.05, 4.69) is 5.32 Å². The fraction of sp³-hybridized carbons (Fsp3) is 0.130. The van der Waals surface area contributed by atoms with Gasteiger partial charge in [0.25, 0.3) is 5.91 Å². The van der Waals surface area contributed by atoms with Gasteiger partial charge in [-0.05, 0) is 42.8 Å². The Morgan fingerprint density at radius 3 is 2.47 bits per heavy atom. The molecule has 5 nitrogen and oxygen atoms in total. The van der Waals surface area contributed by atoms with Crippen LogP contribution in [0.25, 0.3) is 6.08 Å². The molecule has 3 rings (SSSR count). The molecule has 0 unspecified atom stereocenters. The van der Waals surface area contributed by atoms with E-state index in [1.807, 2.05) is 42.5 Å². The lowest BCUT2D eigenvalue weighted by atomic mass is 10.1. The molecule has 1 N–H and O–H groups in total. The standard InChI is InChI=1S/C23H20N2O3S2/c1-16(26)18-10-12-19(13-11-18)24-21(27)14-15-25-22(28)20(30-23(25)29)9-5-8-17-6-3-2-4-7-17/h2-13H,14-15H2,1H3,(H,24,27). The zero-order valence-corrected chi connectivity index (χ0v) is 18.0. The van der Waals surface area contributed by atoms with Gasteiger partial charge in [-0.2, -0.15) is 0 Å². The first-order valence-electron chi connectivity index (χ1n) is 9.32. The van der Waals surface area contributed by atoms with Gasteiger partial charge in [0, 0.05) is 24.2 Å². The number of rotatable bonds is 7. The molecule has 152 valence electrons. The van der Waals surface area contributed by atoms with Crippen LogP contribution in [-0.4, -0.2) is 33.4 Å². The Morgan fingerprint density at radius 2 is 1.80 bits per heavy atom. The minimum absolute atomic E-state index is 0.0334. The summed E-state index contributed by atoms with van der Waals surface area (Å²) in [6, 6.07) is 16.5. The quantitative estimate of drug-likeness (QED) is 0.388. The van der Waals surface area contributed by atoms with Gasteiger partial charge in [-0.1, -0.05) is 66.5 Å². The number of thiocarbonyl (C=S) groups is 1. The van der Waals surface area contributed by atoms with Gasteiger partial charge in [0.05, 0.1) is 4.91 Å². The van der Waals surface area contributed by atoms with Gasteiger partial charge >= 0.3 is 0 Å². The van der Waals surface area contributed by atoms with E-state index in [0.29, 0.717) is 20.5 Å². The SMILES string of the molecule is CC(=O)c1ccc(NC(=O)CCN2C(=O)C(=CC=Cc3ccccc3)SC2=S)cc1. The summed E-state index contributed by atoms with van der Waals surface area (Å²) in [5.74, 6) is -0.456. The lowest BCUT2D eigenvalue weighted by molar-refractivity contribution is -0.122. The summed E-state index contributed by atoms with van der Waals surface area (Å²) in [6.07, 6.45) is 5.59. The van der Waals surface area contributed by atoms with E-state index in [9.17, 15) is 14.4 Å². The van der Waals surface area contributed by atoms with E-state index < -0.39 is 0 Å². The third kappa shape index (κ3) is 5.75. The maximum absolute atomic E-state index is 12.6. The maximum Gasteiger partial charge on any atom is 0.266 e. The molecule has 2 amide bonds. The van der Waals surface area contributed by atoms with E-state index >= 15 is 0 Å². The first-order valence-corrected chi connectivity index (χ1v) is 10.5. The van der Waals surface area contributed by atoms with Crippen LogP contribution in [0.4, 0.5) is 5.69 Å². The predicted molar refractivity (Wildman–Crippen MR) is 125 cm³/mol. The fourth-order valence-corrected chi connectivity index (χ4v) is 4.00. The van der Waals surface area contributed by atoms with Gasteiger partial charge < -0.3 is 5.32 Å². The highest BCUT2D eigenvalue weighted by molar-refractivity contribution is 8.26. The van der Waals surface area contributed by atoms with Crippen LogP contribution in [0.3, 0.4) is 0 Å². The minimum Gasteiger partial charge on any atom is -0.326 e. The second kappa shape index (κ2) is 10.1. The molecule has 2 aromatic carbocycles. The van der Waals surface area contributed by atoms with E-state index in [0.717, 1.165) is 5.56 Å². The number of hydrogen-bond donors (Lipinski definition) is 1. The molecule has 1 aliphatic rings. The highest BCUT2D eigenvalue weighted by Gasteiger charge is 2.31. The lowest BCUT2D eigenvalue weighted by Gasteiger charge is -2.14. The van der Waals surface area contributed by atoms with Crippen LogP contribution in [0.1, 0.15) is 29.3 Å². The number of carbonyl (C=O) groups excluding carboxylic acids is 3. The van der Waals surface area contributed by atoms with Crippen LogP contribution in [0.2, 0.25) is 0 Å². The number of ketones is 1. The molecule has 2 aromatic rings. The fourth-order valence-electron chi connectivity index (χ4n) is 2.74. The number of nitrogens with one attached hydrogen (secondary N) is 1. The topological polar surface area (TPSA) is 66.5 Å². The zero-order valence-electron chi connectivity index (χ0n) is 16.3. The molecule has 0 aliphatic carbocycles. The lowest BCUT2D eigenvalue weighted by Crippen LogP contribution is -2.31. The number of carbonyl (C=O) groups is 3. The van der Waals surface area contributed by atoms with Crippen molar-refractivity contribution >= 4 is 57.7 Å². The molecule has 0 bridgehead atoms. The number of nitrogens with zero attached hydrogens (tertiary/aromatic N) is 1. The van der Waals surface area contributed by atoms with Crippen molar-refractivity contribution in [3.63, 3.8) is 0 Å². The third-order valence-corrected chi connectivity index (χ3v) is 5.74. The summed E-state index contributed by atoms with van der Waals surface area (Å²) in [7, 11) is 0. The van der Waals surface area contributed by atoms with Crippen molar-refractivity contribution in [3.05, 3.63) is 82.8 Å². The largest absolute Gasteiger partial charge is 0.326 e. The molecule has 0 radical (unpaired) electrons. The summed E-state index contributed by atoms with van der Waals surface area (Å²) in [4.78, 5) is 38.1. The Labute approximate surface area is 184 Å². The molecule has 7 heteroatoms. The van der Waals surface area contributed by atoms with Gasteiger partial charge in [-0.25, -0.2) is 0 Å². The smallest absolute Gasteiger partial charge is 0.266 e. The summed E-state index contributed by atoms with van der Waals surface area (Å²) < 4.78 is 0.443. The Bertz CT molecular complexity index is 1030. The van der Waals surface area contributed by atoms with Gasteiger partial charge in [0.2, 0.25) is 5.91 Å². The predicted octanol–water partition coefficient (Wildman–Crippen LogP) is 4.68. The molecular formula is C23H20N2O3S2. The number of Topliss-reactive ketones (excluding diaryl/α,β-unsaturated/α-hetero) is 1. The summed E-state index contributed by atoms with van der Waals surface area (Å²) in [5.41, 5.74) is 2.22. The van der Waals surface area contributed by atoms with E-state index in [1.54, 1.807) is 30.3 Å². The van der Waals surface area contributed by atoms with E-state index in [-0.39, 0.29) is 30.6 Å². The van der Waals surface area contributed by atoms with Crippen LogP contribution in [0.5, 0.6) is 0 Å². The second-order valence-electron chi connectivity index (χ2n) is 6.56. The van der Waals surface area contributed by atoms with Gasteiger partial charge in [0.15, 0.2) is 5.78 Å². The van der Waals surface area contributed by atoms with Gasteiger partial charge in [-0.3, -0.25) is 19.3 Å². The number of allylic oxidation sites excluding steroid dienone is 2. The summed E-state index contributed by atoms with van der Waals surface area (Å²) in [5, 5.41) is 2.76. The molecule has 1 aliphatic heterocycles. The highest BCUT2D eigenvalue weighted by Crippen LogP contribution is 2.31. The van der Waals surface area contributed by atoms with Crippen molar-refractivity contribution in [1.29, 1.82) is 0 Å². The molecule has 0 spiro atoms.